The van der Waals surface area contributed by atoms with E-state index in [0.717, 1.165) is 44.3 Å². The van der Waals surface area contributed by atoms with Crippen LogP contribution in [-0.4, -0.2) is 37.6 Å². The third-order valence-corrected chi connectivity index (χ3v) is 6.12. The Hall–Kier alpha value is -2.61. The highest BCUT2D eigenvalue weighted by atomic mass is 19.3. The number of fused-ring (bicyclic) bond motifs is 2. The van der Waals surface area contributed by atoms with Gasteiger partial charge in [0.15, 0.2) is 0 Å². The summed E-state index contributed by atoms with van der Waals surface area (Å²) in [6, 6.07) is 6.80. The van der Waals surface area contributed by atoms with E-state index in [2.05, 4.69) is 20.1 Å². The van der Waals surface area contributed by atoms with Gasteiger partial charge in [-0.3, -0.25) is 19.4 Å². The first-order chi connectivity index (χ1) is 14.1. The van der Waals surface area contributed by atoms with Crippen LogP contribution in [0.15, 0.2) is 29.1 Å². The standard InChI is InChI=1S/C21H23F2N5O/c22-19(23)12-28-20(24-15-7-2-1-5-14(15)21(28)29)18-9-4-10-27(18)11-17-13-6-3-8-16(13)25-26-17/h1-2,5,7,18-19H,3-4,6,8-12H2,(H,25,26). The highest BCUT2D eigenvalue weighted by Gasteiger charge is 2.32. The predicted octanol–water partition coefficient (Wildman–Crippen LogP) is 3.21. The summed E-state index contributed by atoms with van der Waals surface area (Å²) < 4.78 is 27.8. The van der Waals surface area contributed by atoms with Crippen molar-refractivity contribution in [3.63, 3.8) is 0 Å². The highest BCUT2D eigenvalue weighted by Crippen LogP contribution is 2.34. The van der Waals surface area contributed by atoms with E-state index in [0.29, 0.717) is 23.3 Å². The molecule has 2 aliphatic rings. The van der Waals surface area contributed by atoms with Crippen molar-refractivity contribution in [1.29, 1.82) is 0 Å². The van der Waals surface area contributed by atoms with Crippen LogP contribution in [-0.2, 0) is 25.9 Å². The molecule has 1 saturated heterocycles. The summed E-state index contributed by atoms with van der Waals surface area (Å²) in [5, 5.41) is 8.01. The van der Waals surface area contributed by atoms with Gasteiger partial charge in [-0.25, -0.2) is 13.8 Å². The maximum Gasteiger partial charge on any atom is 0.261 e. The zero-order valence-corrected chi connectivity index (χ0v) is 16.1. The molecule has 8 heteroatoms. The highest BCUT2D eigenvalue weighted by molar-refractivity contribution is 5.77. The molecular weight excluding hydrogens is 376 g/mol. The lowest BCUT2D eigenvalue weighted by Crippen LogP contribution is -2.33. The van der Waals surface area contributed by atoms with Crippen molar-refractivity contribution in [3.8, 4) is 0 Å². The third kappa shape index (κ3) is 3.25. The van der Waals surface area contributed by atoms with E-state index in [1.807, 2.05) is 6.07 Å². The average Bonchev–Trinajstić information content (AvgIpc) is 3.43. The maximum atomic E-state index is 13.3. The van der Waals surface area contributed by atoms with E-state index in [-0.39, 0.29) is 6.04 Å². The Labute approximate surface area is 166 Å². The number of hydrogen-bond acceptors (Lipinski definition) is 4. The second-order valence-corrected chi connectivity index (χ2v) is 7.90. The molecule has 1 aliphatic carbocycles. The fourth-order valence-electron chi connectivity index (χ4n) is 4.77. The Kier molecular flexibility index (Phi) is 4.66. The first-order valence-electron chi connectivity index (χ1n) is 10.2. The molecule has 29 heavy (non-hydrogen) atoms. The number of hydrogen-bond donors (Lipinski definition) is 1. The minimum absolute atomic E-state index is 0.167. The second-order valence-electron chi connectivity index (χ2n) is 7.90. The summed E-state index contributed by atoms with van der Waals surface area (Å²) in [7, 11) is 0. The fraction of sp³-hybridized carbons (Fsp3) is 0.476. The average molecular weight is 399 g/mol. The van der Waals surface area contributed by atoms with E-state index in [9.17, 15) is 13.6 Å². The Morgan fingerprint density at radius 1 is 1.21 bits per heavy atom. The number of rotatable bonds is 5. The van der Waals surface area contributed by atoms with E-state index in [4.69, 9.17) is 0 Å². The van der Waals surface area contributed by atoms with Crippen LogP contribution in [0.4, 0.5) is 8.78 Å². The molecule has 1 aliphatic heterocycles. The third-order valence-electron chi connectivity index (χ3n) is 6.12. The van der Waals surface area contributed by atoms with Crippen molar-refractivity contribution < 1.29 is 8.78 Å². The molecule has 0 amide bonds. The number of halogens is 2. The molecule has 0 bridgehead atoms. The Morgan fingerprint density at radius 3 is 2.93 bits per heavy atom. The van der Waals surface area contributed by atoms with Gasteiger partial charge in [-0.15, -0.1) is 0 Å². The smallest absolute Gasteiger partial charge is 0.261 e. The number of H-pyrrole nitrogens is 1. The molecule has 1 aromatic carbocycles. The minimum Gasteiger partial charge on any atom is -0.289 e. The molecular formula is C21H23F2N5O. The number of aromatic amines is 1. The van der Waals surface area contributed by atoms with Gasteiger partial charge in [-0.1, -0.05) is 12.1 Å². The summed E-state index contributed by atoms with van der Waals surface area (Å²) in [6.45, 7) is 0.853. The molecule has 1 atom stereocenters. The molecule has 2 aromatic heterocycles. The zero-order chi connectivity index (χ0) is 20.0. The molecule has 6 nitrogen and oxygen atoms in total. The lowest BCUT2D eigenvalue weighted by molar-refractivity contribution is 0.120. The Morgan fingerprint density at radius 2 is 2.07 bits per heavy atom. The lowest BCUT2D eigenvalue weighted by Gasteiger charge is -2.26. The maximum absolute atomic E-state index is 13.3. The van der Waals surface area contributed by atoms with Crippen molar-refractivity contribution in [2.75, 3.05) is 6.54 Å². The van der Waals surface area contributed by atoms with Gasteiger partial charge in [0.1, 0.15) is 5.82 Å². The monoisotopic (exact) mass is 399 g/mol. The van der Waals surface area contributed by atoms with Crippen LogP contribution in [0.1, 0.15) is 48.1 Å². The van der Waals surface area contributed by atoms with Gasteiger partial charge in [-0.2, -0.15) is 5.10 Å². The molecule has 5 rings (SSSR count). The van der Waals surface area contributed by atoms with Crippen LogP contribution in [0.2, 0.25) is 0 Å². The van der Waals surface area contributed by atoms with Crippen molar-refractivity contribution in [1.82, 2.24) is 24.6 Å². The summed E-state index contributed by atoms with van der Waals surface area (Å²) in [4.78, 5) is 19.9. The summed E-state index contributed by atoms with van der Waals surface area (Å²) >= 11 is 0. The second kappa shape index (κ2) is 7.33. The van der Waals surface area contributed by atoms with E-state index >= 15 is 0 Å². The van der Waals surface area contributed by atoms with Gasteiger partial charge < -0.3 is 0 Å². The van der Waals surface area contributed by atoms with Crippen LogP contribution in [0.25, 0.3) is 10.9 Å². The number of nitrogens with zero attached hydrogens (tertiary/aromatic N) is 4. The number of aromatic nitrogens is 4. The van der Waals surface area contributed by atoms with Crippen LogP contribution >= 0.6 is 0 Å². The van der Waals surface area contributed by atoms with Crippen LogP contribution in [0, 0.1) is 0 Å². The molecule has 0 radical (unpaired) electrons. The normalized spacial score (nSPS) is 19.5. The van der Waals surface area contributed by atoms with E-state index in [1.165, 1.54) is 15.8 Å². The summed E-state index contributed by atoms with van der Waals surface area (Å²) in [6.07, 6.45) is 2.32. The quantitative estimate of drug-likeness (QED) is 0.716. The van der Waals surface area contributed by atoms with Crippen LogP contribution < -0.4 is 5.56 Å². The van der Waals surface area contributed by atoms with Crippen LogP contribution in [0.5, 0.6) is 0 Å². The number of nitrogens with one attached hydrogen (secondary N) is 1. The number of para-hydroxylation sites is 1. The minimum atomic E-state index is -2.61. The first kappa shape index (κ1) is 18.4. The Bertz CT molecular complexity index is 1110. The SMILES string of the molecule is O=c1c2ccccc2nc(C2CCCN2Cc2n[nH]c3c2CCC3)n1CC(F)F. The van der Waals surface area contributed by atoms with Gasteiger partial charge in [0.25, 0.3) is 12.0 Å². The van der Waals surface area contributed by atoms with Crippen molar-refractivity contribution in [2.24, 2.45) is 0 Å². The molecule has 0 saturated carbocycles. The van der Waals surface area contributed by atoms with Gasteiger partial charge in [0.2, 0.25) is 0 Å². The largest absolute Gasteiger partial charge is 0.289 e. The van der Waals surface area contributed by atoms with Gasteiger partial charge in [-0.05, 0) is 56.3 Å². The molecule has 1 N–H and O–H groups in total. The van der Waals surface area contributed by atoms with Gasteiger partial charge in [0.05, 0.1) is 29.2 Å². The van der Waals surface area contributed by atoms with E-state index < -0.39 is 18.5 Å². The number of alkyl halides is 2. The van der Waals surface area contributed by atoms with Crippen molar-refractivity contribution >= 4 is 10.9 Å². The van der Waals surface area contributed by atoms with Gasteiger partial charge >= 0.3 is 0 Å². The van der Waals surface area contributed by atoms with Crippen molar-refractivity contribution in [3.05, 3.63) is 57.4 Å². The molecule has 0 spiro atoms. The zero-order valence-electron chi connectivity index (χ0n) is 16.1. The van der Waals surface area contributed by atoms with Crippen LogP contribution in [0.3, 0.4) is 0 Å². The number of likely N-dealkylation sites (tertiary alicyclic amines) is 1. The fourth-order valence-corrected chi connectivity index (χ4v) is 4.77. The van der Waals surface area contributed by atoms with E-state index in [1.54, 1.807) is 18.2 Å². The molecule has 3 aromatic rings. The molecule has 1 fully saturated rings. The number of aryl methyl sites for hydroxylation is 1. The molecule has 152 valence electrons. The summed E-state index contributed by atoms with van der Waals surface area (Å²) in [5.41, 5.74) is 3.72. The Balaban J connectivity index is 1.55. The molecule has 3 heterocycles. The van der Waals surface area contributed by atoms with Crippen molar-refractivity contribution in [2.45, 2.75) is 57.7 Å². The molecule has 1 unspecified atom stereocenters. The number of benzene rings is 1. The lowest BCUT2D eigenvalue weighted by atomic mass is 10.1. The van der Waals surface area contributed by atoms with Gasteiger partial charge in [0, 0.05) is 12.2 Å². The first-order valence-corrected chi connectivity index (χ1v) is 10.2. The predicted molar refractivity (Wildman–Crippen MR) is 105 cm³/mol. The topological polar surface area (TPSA) is 66.8 Å². The summed E-state index contributed by atoms with van der Waals surface area (Å²) in [5.74, 6) is 0.443.